The van der Waals surface area contributed by atoms with Crippen LogP contribution in [0.25, 0.3) is 0 Å². The minimum atomic E-state index is -0.0447. The zero-order valence-corrected chi connectivity index (χ0v) is 22.7. The lowest BCUT2D eigenvalue weighted by Gasteiger charge is -2.65. The highest BCUT2D eigenvalue weighted by molar-refractivity contribution is 5.69. The van der Waals surface area contributed by atoms with Gasteiger partial charge in [0.1, 0.15) is 0 Å². The SMILES string of the molecule is CCCOC1CC[C@@]2(C)C(C1)C[C@@H](C)C1C2C[C@H](C)[C@]2(C)C(C(C)CCC(=O)OC)CCC12. The zero-order valence-electron chi connectivity index (χ0n) is 22.7. The molecule has 0 spiro atoms. The van der Waals surface area contributed by atoms with Crippen molar-refractivity contribution in [1.82, 2.24) is 0 Å². The standard InChI is InChI=1S/C30H52O3/c1-8-15-33-23-13-14-29(5)22(18-23)16-20(3)28-25-11-10-24(19(2)9-12-27(31)32-7)30(25,6)21(4)17-26(28)29/h19-26,28H,8-18H2,1-7H3/t19?,20-,21+,22?,23?,24?,25?,26?,28?,29+,30-/m1/s1. The molecule has 3 heteroatoms. The van der Waals surface area contributed by atoms with Crippen LogP contribution in [0.15, 0.2) is 0 Å². The number of hydrogen-bond acceptors (Lipinski definition) is 3. The van der Waals surface area contributed by atoms with Crippen molar-refractivity contribution >= 4 is 5.97 Å². The maximum absolute atomic E-state index is 11.8. The second-order valence-corrected chi connectivity index (χ2v) is 13.3. The molecule has 11 atom stereocenters. The van der Waals surface area contributed by atoms with Gasteiger partial charge in [0.15, 0.2) is 0 Å². The van der Waals surface area contributed by atoms with Crippen molar-refractivity contribution < 1.29 is 14.3 Å². The van der Waals surface area contributed by atoms with Gasteiger partial charge < -0.3 is 9.47 Å². The lowest BCUT2D eigenvalue weighted by molar-refractivity contribution is -0.172. The summed E-state index contributed by atoms with van der Waals surface area (Å²) < 4.78 is 11.2. The fraction of sp³-hybridized carbons (Fsp3) is 0.967. The molecule has 0 aromatic rings. The van der Waals surface area contributed by atoms with Crippen LogP contribution >= 0.6 is 0 Å². The molecule has 3 nitrogen and oxygen atoms in total. The lowest BCUT2D eigenvalue weighted by Crippen LogP contribution is -2.59. The predicted molar refractivity (Wildman–Crippen MR) is 135 cm³/mol. The van der Waals surface area contributed by atoms with Gasteiger partial charge in [0.2, 0.25) is 0 Å². The van der Waals surface area contributed by atoms with Gasteiger partial charge in [0.25, 0.3) is 0 Å². The van der Waals surface area contributed by atoms with Crippen molar-refractivity contribution in [2.75, 3.05) is 13.7 Å². The van der Waals surface area contributed by atoms with Crippen molar-refractivity contribution in [3.05, 3.63) is 0 Å². The van der Waals surface area contributed by atoms with Gasteiger partial charge in [-0.1, -0.05) is 41.5 Å². The molecule has 4 saturated carbocycles. The van der Waals surface area contributed by atoms with Crippen LogP contribution in [-0.4, -0.2) is 25.8 Å². The Morgan fingerprint density at radius 2 is 1.82 bits per heavy atom. The van der Waals surface area contributed by atoms with Crippen LogP contribution in [-0.2, 0) is 14.3 Å². The summed E-state index contributed by atoms with van der Waals surface area (Å²) >= 11 is 0. The van der Waals surface area contributed by atoms with Crippen molar-refractivity contribution in [2.24, 2.45) is 58.2 Å². The third-order valence-electron chi connectivity index (χ3n) is 11.9. The van der Waals surface area contributed by atoms with E-state index in [9.17, 15) is 4.79 Å². The maximum Gasteiger partial charge on any atom is 0.305 e. The minimum Gasteiger partial charge on any atom is -0.469 e. The Labute approximate surface area is 204 Å². The first-order valence-electron chi connectivity index (χ1n) is 14.3. The van der Waals surface area contributed by atoms with Crippen molar-refractivity contribution in [2.45, 2.75) is 112 Å². The Hall–Kier alpha value is -0.570. The van der Waals surface area contributed by atoms with Crippen LogP contribution in [0.5, 0.6) is 0 Å². The predicted octanol–water partition coefficient (Wildman–Crippen LogP) is 7.52. The second kappa shape index (κ2) is 9.82. The molecule has 4 aliphatic rings. The molecule has 190 valence electrons. The van der Waals surface area contributed by atoms with Gasteiger partial charge in [-0.2, -0.15) is 0 Å². The quantitative estimate of drug-likeness (QED) is 0.368. The lowest BCUT2D eigenvalue weighted by atomic mass is 9.40. The number of carbonyl (C=O) groups excluding carboxylic acids is 1. The molecule has 0 aromatic heterocycles. The number of esters is 1. The molecule has 0 radical (unpaired) electrons. The van der Waals surface area contributed by atoms with Gasteiger partial charge in [-0.3, -0.25) is 4.79 Å². The Bertz CT molecular complexity index is 690. The van der Waals surface area contributed by atoms with Crippen molar-refractivity contribution in [1.29, 1.82) is 0 Å². The van der Waals surface area contributed by atoms with E-state index in [2.05, 4.69) is 41.5 Å². The van der Waals surface area contributed by atoms with E-state index in [-0.39, 0.29) is 5.97 Å². The van der Waals surface area contributed by atoms with Gasteiger partial charge >= 0.3 is 5.97 Å². The highest BCUT2D eigenvalue weighted by Gasteiger charge is 2.64. The summed E-state index contributed by atoms with van der Waals surface area (Å²) in [5, 5.41) is 0. The van der Waals surface area contributed by atoms with Gasteiger partial charge in [-0.25, -0.2) is 0 Å². The van der Waals surface area contributed by atoms with Crippen LogP contribution in [0.4, 0.5) is 0 Å². The Morgan fingerprint density at radius 3 is 2.52 bits per heavy atom. The minimum absolute atomic E-state index is 0.0447. The molecule has 7 unspecified atom stereocenters. The summed E-state index contributed by atoms with van der Waals surface area (Å²) in [7, 11) is 1.52. The van der Waals surface area contributed by atoms with E-state index < -0.39 is 0 Å². The van der Waals surface area contributed by atoms with E-state index >= 15 is 0 Å². The number of fused-ring (bicyclic) bond motifs is 5. The van der Waals surface area contributed by atoms with Gasteiger partial charge in [-0.05, 0) is 116 Å². The summed E-state index contributed by atoms with van der Waals surface area (Å²) in [5.41, 5.74) is 0.934. The van der Waals surface area contributed by atoms with Crippen LogP contribution in [0.3, 0.4) is 0 Å². The monoisotopic (exact) mass is 460 g/mol. The van der Waals surface area contributed by atoms with E-state index in [1.165, 1.54) is 52.1 Å². The summed E-state index contributed by atoms with van der Waals surface area (Å²) in [6.07, 6.45) is 12.7. The first-order valence-corrected chi connectivity index (χ1v) is 14.3. The molecule has 0 saturated heterocycles. The molecule has 0 amide bonds. The van der Waals surface area contributed by atoms with Crippen LogP contribution in [0, 0.1) is 58.2 Å². The van der Waals surface area contributed by atoms with Gasteiger partial charge in [0, 0.05) is 13.0 Å². The first-order chi connectivity index (χ1) is 15.7. The fourth-order valence-corrected chi connectivity index (χ4v) is 9.99. The molecule has 0 bridgehead atoms. The summed E-state index contributed by atoms with van der Waals surface area (Å²) in [4.78, 5) is 11.8. The number of ether oxygens (including phenoxy) is 2. The molecular formula is C30H52O3. The smallest absolute Gasteiger partial charge is 0.305 e. The highest BCUT2D eigenvalue weighted by Crippen LogP contribution is 2.71. The molecule has 0 heterocycles. The summed E-state index contributed by atoms with van der Waals surface area (Å²) in [6, 6.07) is 0. The van der Waals surface area contributed by atoms with E-state index in [1.807, 2.05) is 0 Å². The van der Waals surface area contributed by atoms with Crippen LogP contribution < -0.4 is 0 Å². The highest BCUT2D eigenvalue weighted by atomic mass is 16.5. The zero-order chi connectivity index (χ0) is 24.0. The van der Waals surface area contributed by atoms with E-state index in [1.54, 1.807) is 0 Å². The molecule has 0 N–H and O–H groups in total. The average molecular weight is 461 g/mol. The third kappa shape index (κ3) is 4.31. The van der Waals surface area contributed by atoms with Crippen molar-refractivity contribution in [3.63, 3.8) is 0 Å². The van der Waals surface area contributed by atoms with E-state index in [4.69, 9.17) is 9.47 Å². The largest absolute Gasteiger partial charge is 0.469 e. The third-order valence-corrected chi connectivity index (χ3v) is 11.9. The van der Waals surface area contributed by atoms with Crippen LogP contribution in [0.1, 0.15) is 106 Å². The Morgan fingerprint density at radius 1 is 1.06 bits per heavy atom. The maximum atomic E-state index is 11.8. The number of methoxy groups -OCH3 is 1. The topological polar surface area (TPSA) is 35.5 Å². The molecule has 4 fully saturated rings. The molecule has 0 aliphatic heterocycles. The van der Waals surface area contributed by atoms with Crippen molar-refractivity contribution in [3.8, 4) is 0 Å². The van der Waals surface area contributed by atoms with Gasteiger partial charge in [-0.15, -0.1) is 0 Å². The Kier molecular flexibility index (Phi) is 7.60. The summed E-state index contributed by atoms with van der Waals surface area (Å²) in [5.74, 6) is 6.39. The molecule has 4 aliphatic carbocycles. The Balaban J connectivity index is 1.52. The molecular weight excluding hydrogens is 408 g/mol. The summed E-state index contributed by atoms with van der Waals surface area (Å²) in [6.45, 7) is 16.1. The number of carbonyl (C=O) groups is 1. The molecule has 0 aromatic carbocycles. The second-order valence-electron chi connectivity index (χ2n) is 13.3. The first kappa shape index (κ1) is 25.5. The molecule has 33 heavy (non-hydrogen) atoms. The molecule has 4 rings (SSSR count). The number of hydrogen-bond donors (Lipinski definition) is 0. The van der Waals surface area contributed by atoms with Crippen LogP contribution in [0.2, 0.25) is 0 Å². The van der Waals surface area contributed by atoms with E-state index in [0.717, 1.165) is 60.9 Å². The average Bonchev–Trinajstić information content (AvgIpc) is 3.15. The van der Waals surface area contributed by atoms with E-state index in [0.29, 0.717) is 29.3 Å². The normalized spacial score (nSPS) is 47.8. The fourth-order valence-electron chi connectivity index (χ4n) is 9.99. The van der Waals surface area contributed by atoms with Gasteiger partial charge in [0.05, 0.1) is 13.2 Å². The number of rotatable bonds is 7.